The van der Waals surface area contributed by atoms with Gasteiger partial charge >= 0.3 is 0 Å². The van der Waals surface area contributed by atoms with E-state index in [1.54, 1.807) is 0 Å². The van der Waals surface area contributed by atoms with E-state index in [1.165, 1.54) is 0 Å². The van der Waals surface area contributed by atoms with Crippen molar-refractivity contribution in [1.82, 2.24) is 15.1 Å². The lowest BCUT2D eigenvalue weighted by atomic mass is 10.0. The van der Waals surface area contributed by atoms with Crippen LogP contribution in [0.5, 0.6) is 0 Å². The van der Waals surface area contributed by atoms with Gasteiger partial charge in [0.05, 0.1) is 13.2 Å². The molecule has 0 radical (unpaired) electrons. The molecule has 21 heavy (non-hydrogen) atoms. The Morgan fingerprint density at radius 1 is 1.19 bits per heavy atom. The van der Waals surface area contributed by atoms with Gasteiger partial charge in [0.1, 0.15) is 0 Å². The predicted molar refractivity (Wildman–Crippen MR) is 81.1 cm³/mol. The summed E-state index contributed by atoms with van der Waals surface area (Å²) in [4.78, 5) is 16.3. The average Bonchev–Trinajstić information content (AvgIpc) is 2.91. The maximum atomic E-state index is 12.1. The van der Waals surface area contributed by atoms with Gasteiger partial charge in [0.15, 0.2) is 5.79 Å². The standard InChI is InChI=1S/C15H29N3O3/c1-17(2)9-3-7-16-8-4-14(19)18-10-5-15(6-11-18)20-12-13-21-15/h16H,3-13H2,1-2H3. The third-order valence-corrected chi connectivity index (χ3v) is 4.17. The topological polar surface area (TPSA) is 54.0 Å². The molecule has 0 atom stereocenters. The molecule has 0 aromatic rings. The highest BCUT2D eigenvalue weighted by molar-refractivity contribution is 5.76. The average molecular weight is 299 g/mol. The molecule has 1 N–H and O–H groups in total. The minimum absolute atomic E-state index is 0.239. The van der Waals surface area contributed by atoms with Crippen molar-refractivity contribution in [3.05, 3.63) is 0 Å². The third kappa shape index (κ3) is 5.21. The van der Waals surface area contributed by atoms with Crippen LogP contribution in [0.15, 0.2) is 0 Å². The molecule has 2 heterocycles. The maximum absolute atomic E-state index is 12.1. The Morgan fingerprint density at radius 3 is 2.48 bits per heavy atom. The largest absolute Gasteiger partial charge is 0.347 e. The van der Waals surface area contributed by atoms with Crippen molar-refractivity contribution in [2.45, 2.75) is 31.5 Å². The van der Waals surface area contributed by atoms with Gasteiger partial charge < -0.3 is 24.6 Å². The summed E-state index contributed by atoms with van der Waals surface area (Å²) >= 11 is 0. The van der Waals surface area contributed by atoms with Crippen LogP contribution in [0.1, 0.15) is 25.7 Å². The Morgan fingerprint density at radius 2 is 1.86 bits per heavy atom. The van der Waals surface area contributed by atoms with Crippen LogP contribution in [0.25, 0.3) is 0 Å². The molecule has 122 valence electrons. The highest BCUT2D eigenvalue weighted by Gasteiger charge is 2.40. The molecule has 6 nitrogen and oxygen atoms in total. The fourth-order valence-electron chi connectivity index (χ4n) is 2.88. The van der Waals surface area contributed by atoms with Crippen molar-refractivity contribution in [2.24, 2.45) is 0 Å². The van der Waals surface area contributed by atoms with E-state index in [-0.39, 0.29) is 11.7 Å². The highest BCUT2D eigenvalue weighted by Crippen LogP contribution is 2.31. The van der Waals surface area contributed by atoms with E-state index in [4.69, 9.17) is 9.47 Å². The summed E-state index contributed by atoms with van der Waals surface area (Å²) in [7, 11) is 4.15. The Balaban J connectivity index is 1.55. The van der Waals surface area contributed by atoms with Crippen LogP contribution in [0.2, 0.25) is 0 Å². The van der Waals surface area contributed by atoms with E-state index in [1.807, 2.05) is 4.90 Å². The minimum Gasteiger partial charge on any atom is -0.347 e. The van der Waals surface area contributed by atoms with Crippen molar-refractivity contribution in [3.8, 4) is 0 Å². The molecule has 6 heteroatoms. The minimum atomic E-state index is -0.388. The molecule has 2 saturated heterocycles. The summed E-state index contributed by atoms with van der Waals surface area (Å²) in [5, 5.41) is 3.34. The molecule has 2 aliphatic heterocycles. The van der Waals surface area contributed by atoms with Gasteiger partial charge in [0, 0.05) is 38.9 Å². The lowest BCUT2D eigenvalue weighted by molar-refractivity contribution is -0.187. The summed E-state index contributed by atoms with van der Waals surface area (Å²) in [6.45, 7) is 5.68. The van der Waals surface area contributed by atoms with Crippen molar-refractivity contribution in [2.75, 3.05) is 60.0 Å². The lowest BCUT2D eigenvalue weighted by Gasteiger charge is -2.37. The number of carbonyl (C=O) groups is 1. The van der Waals surface area contributed by atoms with Gasteiger partial charge in [-0.1, -0.05) is 0 Å². The molecule has 0 aliphatic carbocycles. The number of ether oxygens (including phenoxy) is 2. The summed E-state index contributed by atoms with van der Waals surface area (Å²) in [6.07, 6.45) is 3.29. The van der Waals surface area contributed by atoms with Crippen LogP contribution in [-0.2, 0) is 14.3 Å². The summed E-state index contributed by atoms with van der Waals surface area (Å²) < 4.78 is 11.4. The molecule has 2 aliphatic rings. The zero-order valence-corrected chi connectivity index (χ0v) is 13.4. The van der Waals surface area contributed by atoms with Crippen molar-refractivity contribution >= 4 is 5.91 Å². The second-order valence-corrected chi connectivity index (χ2v) is 6.15. The van der Waals surface area contributed by atoms with Crippen LogP contribution >= 0.6 is 0 Å². The molecular formula is C15H29N3O3. The lowest BCUT2D eigenvalue weighted by Crippen LogP contribution is -2.47. The first kappa shape index (κ1) is 16.7. The monoisotopic (exact) mass is 299 g/mol. The van der Waals surface area contributed by atoms with Crippen molar-refractivity contribution in [3.63, 3.8) is 0 Å². The Labute approximate surface area is 127 Å². The first-order chi connectivity index (χ1) is 10.1. The summed E-state index contributed by atoms with van der Waals surface area (Å²) in [5.74, 6) is -0.149. The maximum Gasteiger partial charge on any atom is 0.223 e. The molecule has 0 aromatic carbocycles. The number of piperidine rings is 1. The Kier molecular flexibility index (Phi) is 6.41. The third-order valence-electron chi connectivity index (χ3n) is 4.17. The van der Waals surface area contributed by atoms with Gasteiger partial charge in [-0.25, -0.2) is 0 Å². The fourth-order valence-corrected chi connectivity index (χ4v) is 2.88. The Hall–Kier alpha value is -0.690. The highest BCUT2D eigenvalue weighted by atomic mass is 16.7. The second-order valence-electron chi connectivity index (χ2n) is 6.15. The number of amides is 1. The van der Waals surface area contributed by atoms with E-state index < -0.39 is 0 Å². The second kappa shape index (κ2) is 8.08. The molecule has 0 bridgehead atoms. The molecular weight excluding hydrogens is 270 g/mol. The smallest absolute Gasteiger partial charge is 0.223 e. The van der Waals surface area contributed by atoms with Crippen LogP contribution in [0.4, 0.5) is 0 Å². The van der Waals surface area contributed by atoms with E-state index in [2.05, 4.69) is 24.3 Å². The normalized spacial score (nSPS) is 21.4. The number of rotatable bonds is 7. The van der Waals surface area contributed by atoms with Gasteiger partial charge in [-0.15, -0.1) is 0 Å². The van der Waals surface area contributed by atoms with Gasteiger partial charge in [-0.3, -0.25) is 4.79 Å². The van der Waals surface area contributed by atoms with Gasteiger partial charge in [-0.2, -0.15) is 0 Å². The quantitative estimate of drug-likeness (QED) is 0.685. The van der Waals surface area contributed by atoms with E-state index >= 15 is 0 Å². The number of likely N-dealkylation sites (tertiary alicyclic amines) is 1. The zero-order valence-electron chi connectivity index (χ0n) is 13.4. The molecule has 2 fully saturated rings. The van der Waals surface area contributed by atoms with Gasteiger partial charge in [0.25, 0.3) is 0 Å². The van der Waals surface area contributed by atoms with Crippen LogP contribution in [0, 0.1) is 0 Å². The number of nitrogens with one attached hydrogen (secondary N) is 1. The summed E-state index contributed by atoms with van der Waals surface area (Å²) in [6, 6.07) is 0. The number of carbonyl (C=O) groups excluding carboxylic acids is 1. The fraction of sp³-hybridized carbons (Fsp3) is 0.933. The molecule has 1 amide bonds. The van der Waals surface area contributed by atoms with Crippen molar-refractivity contribution in [1.29, 1.82) is 0 Å². The summed E-state index contributed by atoms with van der Waals surface area (Å²) in [5.41, 5.74) is 0. The zero-order chi connectivity index (χ0) is 15.1. The molecule has 2 rings (SSSR count). The molecule has 0 aromatic heterocycles. The van der Waals surface area contributed by atoms with Gasteiger partial charge in [0.2, 0.25) is 5.91 Å². The molecule has 0 saturated carbocycles. The van der Waals surface area contributed by atoms with E-state index in [0.29, 0.717) is 19.6 Å². The van der Waals surface area contributed by atoms with Crippen LogP contribution in [0.3, 0.4) is 0 Å². The molecule has 0 unspecified atom stereocenters. The van der Waals surface area contributed by atoms with Gasteiger partial charge in [-0.05, 0) is 33.6 Å². The first-order valence-corrected chi connectivity index (χ1v) is 8.02. The first-order valence-electron chi connectivity index (χ1n) is 8.02. The van der Waals surface area contributed by atoms with Crippen LogP contribution in [-0.4, -0.2) is 81.5 Å². The number of hydrogen-bond acceptors (Lipinski definition) is 5. The Bertz CT molecular complexity index is 320. The molecule has 1 spiro atoms. The van der Waals surface area contributed by atoms with Crippen LogP contribution < -0.4 is 5.32 Å². The van der Waals surface area contributed by atoms with E-state index in [0.717, 1.165) is 52.0 Å². The van der Waals surface area contributed by atoms with E-state index in [9.17, 15) is 4.79 Å². The van der Waals surface area contributed by atoms with Crippen molar-refractivity contribution < 1.29 is 14.3 Å². The number of nitrogens with zero attached hydrogens (tertiary/aromatic N) is 2. The SMILES string of the molecule is CN(C)CCCNCCC(=O)N1CCC2(CC1)OCCO2. The predicted octanol–water partition coefficient (Wildman–Crippen LogP) is 0.283. The number of hydrogen-bond donors (Lipinski definition) is 1.